The van der Waals surface area contributed by atoms with Crippen LogP contribution in [-0.2, 0) is 9.59 Å². The first-order valence-corrected chi connectivity index (χ1v) is 10.5. The normalized spacial score (nSPS) is 21.4. The van der Waals surface area contributed by atoms with Gasteiger partial charge >= 0.3 is 0 Å². The SMILES string of the molecule is COc1cccc(OC)c1/C(O)=C1\C(=O)C(=O)N(C2CCCCC2)C1c1ccccn1. The van der Waals surface area contributed by atoms with Gasteiger partial charge in [-0.25, -0.2) is 0 Å². The minimum atomic E-state index is -0.765. The third-order valence-electron chi connectivity index (χ3n) is 6.08. The van der Waals surface area contributed by atoms with Crippen LogP contribution in [-0.4, -0.2) is 46.9 Å². The van der Waals surface area contributed by atoms with Gasteiger partial charge < -0.3 is 19.5 Å². The lowest BCUT2D eigenvalue weighted by atomic mass is 9.92. The van der Waals surface area contributed by atoms with Crippen molar-refractivity contribution in [1.29, 1.82) is 0 Å². The third kappa shape index (κ3) is 3.65. The Morgan fingerprint density at radius 3 is 2.26 bits per heavy atom. The first-order chi connectivity index (χ1) is 15.1. The molecule has 1 aromatic carbocycles. The second-order valence-corrected chi connectivity index (χ2v) is 7.79. The smallest absolute Gasteiger partial charge is 0.295 e. The maximum Gasteiger partial charge on any atom is 0.295 e. The van der Waals surface area contributed by atoms with Gasteiger partial charge in [0.2, 0.25) is 0 Å². The Morgan fingerprint density at radius 2 is 1.68 bits per heavy atom. The third-order valence-corrected chi connectivity index (χ3v) is 6.08. The first-order valence-electron chi connectivity index (χ1n) is 10.5. The van der Waals surface area contributed by atoms with Gasteiger partial charge in [-0.15, -0.1) is 0 Å². The maximum absolute atomic E-state index is 13.2. The van der Waals surface area contributed by atoms with E-state index in [1.54, 1.807) is 41.4 Å². The Kier molecular flexibility index (Phi) is 5.93. The zero-order chi connectivity index (χ0) is 22.0. The van der Waals surface area contributed by atoms with E-state index < -0.39 is 17.7 Å². The Labute approximate surface area is 181 Å². The highest BCUT2D eigenvalue weighted by molar-refractivity contribution is 6.46. The van der Waals surface area contributed by atoms with Gasteiger partial charge in [0.1, 0.15) is 28.9 Å². The number of carbonyl (C=O) groups is 2. The lowest BCUT2D eigenvalue weighted by Gasteiger charge is -2.35. The van der Waals surface area contributed by atoms with Crippen molar-refractivity contribution in [2.24, 2.45) is 0 Å². The first kappa shape index (κ1) is 20.9. The fourth-order valence-electron chi connectivity index (χ4n) is 4.63. The van der Waals surface area contributed by atoms with Gasteiger partial charge in [-0.3, -0.25) is 14.6 Å². The van der Waals surface area contributed by atoms with Crippen molar-refractivity contribution in [2.45, 2.75) is 44.2 Å². The highest BCUT2D eigenvalue weighted by Gasteiger charge is 2.49. The molecular formula is C24H26N2O5. The van der Waals surface area contributed by atoms with Gasteiger partial charge in [-0.05, 0) is 37.1 Å². The van der Waals surface area contributed by atoms with Crippen LogP contribution in [0.4, 0.5) is 0 Å². The van der Waals surface area contributed by atoms with Crippen LogP contribution in [0.25, 0.3) is 5.76 Å². The fraction of sp³-hybridized carbons (Fsp3) is 0.375. The Hall–Kier alpha value is -3.35. The van der Waals surface area contributed by atoms with Gasteiger partial charge in [0.25, 0.3) is 11.7 Å². The van der Waals surface area contributed by atoms with Gasteiger partial charge in [-0.1, -0.05) is 31.4 Å². The van der Waals surface area contributed by atoms with Crippen molar-refractivity contribution < 1.29 is 24.2 Å². The van der Waals surface area contributed by atoms with Gasteiger partial charge in [0.15, 0.2) is 0 Å². The van der Waals surface area contributed by atoms with Crippen LogP contribution in [0.1, 0.15) is 49.4 Å². The number of carbonyl (C=O) groups excluding carboxylic acids is 2. The van der Waals surface area contributed by atoms with Crippen LogP contribution >= 0.6 is 0 Å². The molecule has 0 spiro atoms. The largest absolute Gasteiger partial charge is 0.506 e. The van der Waals surface area contributed by atoms with E-state index in [0.29, 0.717) is 17.2 Å². The summed E-state index contributed by atoms with van der Waals surface area (Å²) in [7, 11) is 2.95. The van der Waals surface area contributed by atoms with E-state index >= 15 is 0 Å². The van der Waals surface area contributed by atoms with E-state index in [-0.39, 0.29) is 22.9 Å². The van der Waals surface area contributed by atoms with E-state index in [9.17, 15) is 14.7 Å². The lowest BCUT2D eigenvalue weighted by Crippen LogP contribution is -2.40. The molecule has 4 rings (SSSR count). The zero-order valence-corrected chi connectivity index (χ0v) is 17.7. The van der Waals surface area contributed by atoms with E-state index in [1.165, 1.54) is 14.2 Å². The number of ketones is 1. The molecule has 1 unspecified atom stereocenters. The van der Waals surface area contributed by atoms with Gasteiger partial charge in [-0.2, -0.15) is 0 Å². The number of methoxy groups -OCH3 is 2. The van der Waals surface area contributed by atoms with Crippen molar-refractivity contribution in [3.63, 3.8) is 0 Å². The second-order valence-electron chi connectivity index (χ2n) is 7.79. The topological polar surface area (TPSA) is 89.0 Å². The van der Waals surface area contributed by atoms with Crippen LogP contribution in [0.15, 0.2) is 48.2 Å². The standard InChI is InChI=1S/C24H26N2O5/c1-30-17-12-8-13-18(31-2)19(17)22(27)20-21(16-11-6-7-14-25-16)26(24(29)23(20)28)15-9-4-3-5-10-15/h6-8,11-15,21,27H,3-5,9-10H2,1-2H3/b22-20+. The fourth-order valence-corrected chi connectivity index (χ4v) is 4.63. The van der Waals surface area contributed by atoms with Gasteiger partial charge in [0.05, 0.1) is 25.5 Å². The van der Waals surface area contributed by atoms with Crippen molar-refractivity contribution in [2.75, 3.05) is 14.2 Å². The van der Waals surface area contributed by atoms with Crippen molar-refractivity contribution in [3.05, 3.63) is 59.4 Å². The number of aromatic nitrogens is 1. The molecule has 7 heteroatoms. The maximum atomic E-state index is 13.2. The molecule has 2 heterocycles. The number of aliphatic hydroxyl groups is 1. The van der Waals surface area contributed by atoms with E-state index in [1.807, 2.05) is 6.07 Å². The summed E-state index contributed by atoms with van der Waals surface area (Å²) < 4.78 is 10.8. The number of nitrogens with zero attached hydrogens (tertiary/aromatic N) is 2. The summed E-state index contributed by atoms with van der Waals surface area (Å²) in [5.74, 6) is -0.938. The monoisotopic (exact) mass is 422 g/mol. The average molecular weight is 422 g/mol. The highest BCUT2D eigenvalue weighted by atomic mass is 16.5. The molecule has 1 amide bonds. The molecule has 1 aliphatic heterocycles. The van der Waals surface area contributed by atoms with Crippen molar-refractivity contribution in [3.8, 4) is 11.5 Å². The summed E-state index contributed by atoms with van der Waals surface area (Å²) in [6.07, 6.45) is 6.40. The molecule has 2 aromatic rings. The Morgan fingerprint density at radius 1 is 1.00 bits per heavy atom. The second kappa shape index (κ2) is 8.79. The summed E-state index contributed by atoms with van der Waals surface area (Å²) in [5, 5.41) is 11.4. The Balaban J connectivity index is 1.93. The van der Waals surface area contributed by atoms with Crippen molar-refractivity contribution >= 4 is 17.4 Å². The number of rotatable bonds is 5. The number of benzene rings is 1. The number of likely N-dealkylation sites (tertiary alicyclic amines) is 1. The van der Waals surface area contributed by atoms with Crippen LogP contribution < -0.4 is 9.47 Å². The van der Waals surface area contributed by atoms with Gasteiger partial charge in [0, 0.05) is 12.2 Å². The quantitative estimate of drug-likeness (QED) is 0.447. The molecule has 1 N–H and O–H groups in total. The molecule has 1 saturated heterocycles. The molecule has 1 atom stereocenters. The predicted molar refractivity (Wildman–Crippen MR) is 115 cm³/mol. The summed E-state index contributed by atoms with van der Waals surface area (Å²) in [5.41, 5.74) is 0.801. The summed E-state index contributed by atoms with van der Waals surface area (Å²) >= 11 is 0. The number of amides is 1. The van der Waals surface area contributed by atoms with E-state index in [2.05, 4.69) is 4.98 Å². The molecule has 1 saturated carbocycles. The molecule has 0 bridgehead atoms. The number of ether oxygens (including phenoxy) is 2. The minimum Gasteiger partial charge on any atom is -0.506 e. The highest BCUT2D eigenvalue weighted by Crippen LogP contribution is 2.45. The van der Waals surface area contributed by atoms with Crippen LogP contribution in [0.2, 0.25) is 0 Å². The average Bonchev–Trinajstić information content (AvgIpc) is 3.09. The molecule has 0 radical (unpaired) electrons. The van der Waals surface area contributed by atoms with E-state index in [4.69, 9.17) is 9.47 Å². The molecular weight excluding hydrogens is 396 g/mol. The number of aliphatic hydroxyl groups excluding tert-OH is 1. The number of Topliss-reactive ketones (excluding diaryl/α,β-unsaturated/α-hetero) is 1. The Bertz CT molecular complexity index is 990. The van der Waals surface area contributed by atoms with Crippen LogP contribution in [0.5, 0.6) is 11.5 Å². The zero-order valence-electron chi connectivity index (χ0n) is 17.7. The number of pyridine rings is 1. The molecule has 2 fully saturated rings. The van der Waals surface area contributed by atoms with Crippen molar-refractivity contribution in [1.82, 2.24) is 9.88 Å². The summed E-state index contributed by atoms with van der Waals surface area (Å²) in [6, 6.07) is 9.60. The predicted octanol–water partition coefficient (Wildman–Crippen LogP) is 3.85. The number of hydrogen-bond acceptors (Lipinski definition) is 6. The van der Waals surface area contributed by atoms with Crippen LogP contribution in [0.3, 0.4) is 0 Å². The molecule has 1 aliphatic carbocycles. The molecule has 1 aromatic heterocycles. The molecule has 162 valence electrons. The van der Waals surface area contributed by atoms with Crippen LogP contribution in [0, 0.1) is 0 Å². The summed E-state index contributed by atoms with van der Waals surface area (Å²) in [4.78, 5) is 32.5. The molecule has 2 aliphatic rings. The minimum absolute atomic E-state index is 0.0112. The lowest BCUT2D eigenvalue weighted by molar-refractivity contribution is -0.141. The summed E-state index contributed by atoms with van der Waals surface area (Å²) in [6.45, 7) is 0. The van der Waals surface area contributed by atoms with E-state index in [0.717, 1.165) is 32.1 Å². The molecule has 31 heavy (non-hydrogen) atoms. The number of hydrogen-bond donors (Lipinski definition) is 1. The molecule has 7 nitrogen and oxygen atoms in total.